The fourth-order valence-corrected chi connectivity index (χ4v) is 4.26. The molecule has 1 heterocycles. The van der Waals surface area contributed by atoms with Gasteiger partial charge in [0.2, 0.25) is 5.91 Å². The molecule has 0 aliphatic heterocycles. The van der Waals surface area contributed by atoms with Crippen LogP contribution in [0.2, 0.25) is 0 Å². The van der Waals surface area contributed by atoms with E-state index < -0.39 is 0 Å². The predicted octanol–water partition coefficient (Wildman–Crippen LogP) is 5.82. The van der Waals surface area contributed by atoms with Crippen molar-refractivity contribution < 1.29 is 14.1 Å². The molecule has 1 aromatic heterocycles. The Labute approximate surface area is 186 Å². The van der Waals surface area contributed by atoms with Crippen molar-refractivity contribution in [3.05, 3.63) is 71.1 Å². The highest BCUT2D eigenvalue weighted by molar-refractivity contribution is 7.98. The smallest absolute Gasteiger partial charge is 0.256 e. The summed E-state index contributed by atoms with van der Waals surface area (Å²) in [5.74, 6) is 1.58. The van der Waals surface area contributed by atoms with Crippen LogP contribution in [0.25, 0.3) is 0 Å². The van der Waals surface area contributed by atoms with E-state index >= 15 is 0 Å². The minimum Gasteiger partial charge on any atom is -0.361 e. The molecule has 0 saturated carbocycles. The van der Waals surface area contributed by atoms with E-state index in [4.69, 9.17) is 4.52 Å². The van der Waals surface area contributed by atoms with Crippen LogP contribution in [0.5, 0.6) is 0 Å². The molecular weight excluding hydrogens is 410 g/mol. The van der Waals surface area contributed by atoms with Crippen LogP contribution in [0.1, 0.15) is 47.6 Å². The summed E-state index contributed by atoms with van der Waals surface area (Å²) in [6.45, 7) is 7.81. The molecule has 162 valence electrons. The number of thioether (sulfide) groups is 1. The normalized spacial score (nSPS) is 10.9. The van der Waals surface area contributed by atoms with Gasteiger partial charge < -0.3 is 15.2 Å². The highest BCUT2D eigenvalue weighted by atomic mass is 32.2. The van der Waals surface area contributed by atoms with Crippen LogP contribution in [0, 0.1) is 19.8 Å². The second-order valence-electron chi connectivity index (χ2n) is 7.77. The number of rotatable bonds is 8. The first-order valence-corrected chi connectivity index (χ1v) is 11.2. The van der Waals surface area contributed by atoms with Crippen LogP contribution in [0.3, 0.4) is 0 Å². The van der Waals surface area contributed by atoms with E-state index in [9.17, 15) is 9.59 Å². The van der Waals surface area contributed by atoms with Crippen molar-refractivity contribution in [3.63, 3.8) is 0 Å². The maximum absolute atomic E-state index is 12.9. The molecule has 0 aliphatic rings. The van der Waals surface area contributed by atoms with E-state index in [2.05, 4.69) is 15.8 Å². The van der Waals surface area contributed by atoms with Crippen LogP contribution in [0.15, 0.2) is 57.9 Å². The standard InChI is InChI=1S/C24H27N3O3S/c1-15(2)13-23(28)25-18-9-11-19(12-10-18)26-24(29)20-7-5-6-8-22(20)31-14-21-16(3)27-30-17(21)4/h5-12,15H,13-14H2,1-4H3,(H,25,28)(H,26,29). The summed E-state index contributed by atoms with van der Waals surface area (Å²) in [5, 5.41) is 9.78. The lowest BCUT2D eigenvalue weighted by Gasteiger charge is -2.11. The zero-order chi connectivity index (χ0) is 22.4. The van der Waals surface area contributed by atoms with Crippen LogP contribution in [-0.4, -0.2) is 17.0 Å². The highest BCUT2D eigenvalue weighted by Crippen LogP contribution is 2.29. The summed E-state index contributed by atoms with van der Waals surface area (Å²) in [5.41, 5.74) is 3.90. The summed E-state index contributed by atoms with van der Waals surface area (Å²) >= 11 is 1.58. The fourth-order valence-electron chi connectivity index (χ4n) is 3.06. The lowest BCUT2D eigenvalue weighted by Crippen LogP contribution is -2.14. The van der Waals surface area contributed by atoms with Crippen molar-refractivity contribution in [2.24, 2.45) is 5.92 Å². The maximum Gasteiger partial charge on any atom is 0.256 e. The Bertz CT molecular complexity index is 1040. The summed E-state index contributed by atoms with van der Waals surface area (Å²) in [4.78, 5) is 25.7. The van der Waals surface area contributed by atoms with E-state index in [1.54, 1.807) is 36.0 Å². The molecule has 7 heteroatoms. The molecule has 0 atom stereocenters. The molecule has 0 bridgehead atoms. The minimum absolute atomic E-state index is 0.0176. The van der Waals surface area contributed by atoms with Gasteiger partial charge in [0.1, 0.15) is 5.76 Å². The molecule has 0 radical (unpaired) electrons. The average molecular weight is 438 g/mol. The zero-order valence-corrected chi connectivity index (χ0v) is 19.0. The number of nitrogens with zero attached hydrogens (tertiary/aromatic N) is 1. The van der Waals surface area contributed by atoms with E-state index in [0.717, 1.165) is 21.9 Å². The van der Waals surface area contributed by atoms with Crippen LogP contribution >= 0.6 is 11.8 Å². The number of carbonyl (C=O) groups excluding carboxylic acids is 2. The van der Waals surface area contributed by atoms with Gasteiger partial charge in [-0.2, -0.15) is 0 Å². The van der Waals surface area contributed by atoms with E-state index in [1.165, 1.54) is 0 Å². The summed E-state index contributed by atoms with van der Waals surface area (Å²) in [7, 11) is 0. The van der Waals surface area contributed by atoms with Gasteiger partial charge in [0.05, 0.1) is 11.3 Å². The third kappa shape index (κ3) is 6.21. The number of hydrogen-bond acceptors (Lipinski definition) is 5. The van der Waals surface area contributed by atoms with Gasteiger partial charge >= 0.3 is 0 Å². The molecule has 0 fully saturated rings. The van der Waals surface area contributed by atoms with Gasteiger partial charge in [-0.3, -0.25) is 9.59 Å². The zero-order valence-electron chi connectivity index (χ0n) is 18.2. The van der Waals surface area contributed by atoms with E-state index in [1.807, 2.05) is 52.0 Å². The molecule has 2 aromatic carbocycles. The van der Waals surface area contributed by atoms with Crippen LogP contribution in [0.4, 0.5) is 11.4 Å². The Kier molecular flexibility index (Phi) is 7.52. The summed E-state index contributed by atoms with van der Waals surface area (Å²) in [6.07, 6.45) is 0.473. The number of hydrogen-bond donors (Lipinski definition) is 2. The number of benzene rings is 2. The van der Waals surface area contributed by atoms with Crippen molar-refractivity contribution in [1.82, 2.24) is 5.16 Å². The number of carbonyl (C=O) groups is 2. The minimum atomic E-state index is -0.182. The number of aromatic nitrogens is 1. The second kappa shape index (κ2) is 10.3. The van der Waals surface area contributed by atoms with Crippen LogP contribution < -0.4 is 10.6 Å². The third-order valence-corrected chi connectivity index (χ3v) is 5.81. The molecule has 6 nitrogen and oxygen atoms in total. The molecule has 0 aliphatic carbocycles. The van der Waals surface area contributed by atoms with Gasteiger partial charge in [-0.1, -0.05) is 31.1 Å². The van der Waals surface area contributed by atoms with E-state index in [-0.39, 0.29) is 11.8 Å². The lowest BCUT2D eigenvalue weighted by molar-refractivity contribution is -0.116. The number of amides is 2. The number of nitrogens with one attached hydrogen (secondary N) is 2. The topological polar surface area (TPSA) is 84.2 Å². The maximum atomic E-state index is 12.9. The SMILES string of the molecule is Cc1noc(C)c1CSc1ccccc1C(=O)Nc1ccc(NC(=O)CC(C)C)cc1. The Balaban J connectivity index is 1.65. The molecule has 31 heavy (non-hydrogen) atoms. The first-order valence-electron chi connectivity index (χ1n) is 10.2. The number of aryl methyl sites for hydroxylation is 2. The molecule has 3 aromatic rings. The third-order valence-electron chi connectivity index (χ3n) is 4.71. The molecule has 2 amide bonds. The Morgan fingerprint density at radius 3 is 2.26 bits per heavy atom. The quantitative estimate of drug-likeness (QED) is 0.434. The summed E-state index contributed by atoms with van der Waals surface area (Å²) in [6, 6.07) is 14.6. The van der Waals surface area contributed by atoms with Gasteiger partial charge in [-0.25, -0.2) is 0 Å². The molecular formula is C24H27N3O3S. The van der Waals surface area contributed by atoms with Crippen LogP contribution in [-0.2, 0) is 10.5 Å². The summed E-state index contributed by atoms with van der Waals surface area (Å²) < 4.78 is 5.22. The Hall–Kier alpha value is -3.06. The number of anilines is 2. The average Bonchev–Trinajstić information content (AvgIpc) is 3.05. The van der Waals surface area contributed by atoms with Crippen molar-refractivity contribution >= 4 is 35.0 Å². The van der Waals surface area contributed by atoms with Crippen molar-refractivity contribution in [1.29, 1.82) is 0 Å². The second-order valence-corrected chi connectivity index (χ2v) is 8.78. The van der Waals surface area contributed by atoms with Crippen molar-refractivity contribution in [3.8, 4) is 0 Å². The highest BCUT2D eigenvalue weighted by Gasteiger charge is 2.15. The Morgan fingerprint density at radius 2 is 1.65 bits per heavy atom. The largest absolute Gasteiger partial charge is 0.361 e. The van der Waals surface area contributed by atoms with Gasteiger partial charge in [-0.15, -0.1) is 11.8 Å². The molecule has 2 N–H and O–H groups in total. The lowest BCUT2D eigenvalue weighted by atomic mass is 10.1. The molecule has 3 rings (SSSR count). The Morgan fingerprint density at radius 1 is 1.00 bits per heavy atom. The van der Waals surface area contributed by atoms with Crippen molar-refractivity contribution in [2.45, 2.75) is 44.8 Å². The molecule has 0 saturated heterocycles. The molecule has 0 spiro atoms. The first-order chi connectivity index (χ1) is 14.8. The molecule has 0 unspecified atom stereocenters. The van der Waals surface area contributed by atoms with Gasteiger partial charge in [0, 0.05) is 34.0 Å². The van der Waals surface area contributed by atoms with Gasteiger partial charge in [0.15, 0.2) is 0 Å². The van der Waals surface area contributed by atoms with Gasteiger partial charge in [-0.05, 0) is 56.2 Å². The van der Waals surface area contributed by atoms with Crippen molar-refractivity contribution in [2.75, 3.05) is 10.6 Å². The van der Waals surface area contributed by atoms with Gasteiger partial charge in [0.25, 0.3) is 5.91 Å². The van der Waals surface area contributed by atoms with E-state index in [0.29, 0.717) is 35.0 Å². The first kappa shape index (κ1) is 22.6. The monoisotopic (exact) mass is 437 g/mol. The fraction of sp³-hybridized carbons (Fsp3) is 0.292. The predicted molar refractivity (Wildman–Crippen MR) is 124 cm³/mol.